The number of hydrogen-bond acceptors (Lipinski definition) is 5. The van der Waals surface area contributed by atoms with E-state index in [4.69, 9.17) is 9.47 Å². The smallest absolute Gasteiger partial charge is 0.318 e. The van der Waals surface area contributed by atoms with Crippen LogP contribution in [0.5, 0.6) is 5.75 Å². The summed E-state index contributed by atoms with van der Waals surface area (Å²) in [6.45, 7) is 6.86. The fourth-order valence-corrected chi connectivity index (χ4v) is 5.99. The molecule has 212 valence electrons. The van der Waals surface area contributed by atoms with E-state index in [0.717, 1.165) is 62.3 Å². The van der Waals surface area contributed by atoms with Crippen molar-refractivity contribution in [3.05, 3.63) is 65.7 Å². The predicted molar refractivity (Wildman–Crippen MR) is 153 cm³/mol. The van der Waals surface area contributed by atoms with Crippen LogP contribution in [-0.4, -0.2) is 86.2 Å². The summed E-state index contributed by atoms with van der Waals surface area (Å²) in [5, 5.41) is 3.28. The van der Waals surface area contributed by atoms with Crippen molar-refractivity contribution in [2.45, 2.75) is 38.3 Å². The zero-order valence-corrected chi connectivity index (χ0v) is 23.7. The van der Waals surface area contributed by atoms with Crippen molar-refractivity contribution >= 4 is 24.3 Å². The Balaban J connectivity index is 0.00000353. The predicted octanol–water partition coefficient (Wildman–Crippen LogP) is 4.10. The third kappa shape index (κ3) is 7.44. The van der Waals surface area contributed by atoms with Crippen LogP contribution in [0.1, 0.15) is 42.9 Å². The molecule has 1 spiro atoms. The highest BCUT2D eigenvalue weighted by Gasteiger charge is 2.44. The molecule has 1 atom stereocenters. The van der Waals surface area contributed by atoms with E-state index >= 15 is 0 Å². The number of morpholine rings is 1. The number of hydrogen-bond donors (Lipinski definition) is 1. The SMILES string of the molecule is COc1ccc(CN2CC3(CCN(CC[C@H](NC(=O)N4CCOCC4)c4ccccc4)CC3)CC2=O)cc1.Cl. The van der Waals surface area contributed by atoms with Crippen LogP contribution in [0, 0.1) is 5.41 Å². The average Bonchev–Trinajstić information content (AvgIpc) is 3.26. The third-order valence-electron chi connectivity index (χ3n) is 8.39. The summed E-state index contributed by atoms with van der Waals surface area (Å²) in [5.74, 6) is 1.10. The van der Waals surface area contributed by atoms with Crippen molar-refractivity contribution in [2.24, 2.45) is 5.41 Å². The van der Waals surface area contributed by atoms with E-state index in [2.05, 4.69) is 22.3 Å². The Hall–Kier alpha value is -2.81. The van der Waals surface area contributed by atoms with E-state index < -0.39 is 0 Å². The van der Waals surface area contributed by atoms with Gasteiger partial charge in [-0.05, 0) is 61.0 Å². The molecular weight excluding hydrogens is 516 g/mol. The summed E-state index contributed by atoms with van der Waals surface area (Å²) in [4.78, 5) is 32.2. The minimum Gasteiger partial charge on any atom is -0.497 e. The summed E-state index contributed by atoms with van der Waals surface area (Å²) in [6.07, 6.45) is 3.58. The van der Waals surface area contributed by atoms with Gasteiger partial charge in [-0.3, -0.25) is 4.79 Å². The monoisotopic (exact) mass is 556 g/mol. The Bertz CT molecular complexity index is 1070. The second kappa shape index (κ2) is 13.5. The molecule has 9 heteroatoms. The normalized spacial score (nSPS) is 20.0. The molecule has 2 aromatic carbocycles. The number of piperidine rings is 1. The largest absolute Gasteiger partial charge is 0.497 e. The van der Waals surface area contributed by atoms with Crippen LogP contribution in [0.3, 0.4) is 0 Å². The van der Waals surface area contributed by atoms with Crippen LogP contribution < -0.4 is 10.1 Å². The first-order valence-electron chi connectivity index (χ1n) is 13.8. The molecule has 3 aliphatic heterocycles. The van der Waals surface area contributed by atoms with E-state index in [1.54, 1.807) is 7.11 Å². The first kappa shape index (κ1) is 29.2. The summed E-state index contributed by atoms with van der Waals surface area (Å²) in [7, 11) is 1.67. The molecule has 0 saturated carbocycles. The Labute approximate surface area is 238 Å². The first-order chi connectivity index (χ1) is 18.5. The number of carbonyl (C=O) groups is 2. The van der Waals surface area contributed by atoms with E-state index in [-0.39, 0.29) is 35.8 Å². The van der Waals surface area contributed by atoms with Gasteiger partial charge in [0.1, 0.15) is 5.75 Å². The van der Waals surface area contributed by atoms with Crippen molar-refractivity contribution in [1.29, 1.82) is 0 Å². The highest BCUT2D eigenvalue weighted by Crippen LogP contribution is 2.41. The molecule has 3 fully saturated rings. The Kier molecular flexibility index (Phi) is 10.1. The number of amides is 3. The van der Waals surface area contributed by atoms with Gasteiger partial charge in [-0.15, -0.1) is 12.4 Å². The maximum absolute atomic E-state index is 12.9. The second-order valence-corrected chi connectivity index (χ2v) is 10.9. The zero-order valence-electron chi connectivity index (χ0n) is 22.8. The molecule has 3 aliphatic rings. The Morgan fingerprint density at radius 3 is 2.38 bits per heavy atom. The van der Waals surface area contributed by atoms with Gasteiger partial charge < -0.3 is 29.5 Å². The Morgan fingerprint density at radius 2 is 1.72 bits per heavy atom. The van der Waals surface area contributed by atoms with Crippen LogP contribution in [0.25, 0.3) is 0 Å². The second-order valence-electron chi connectivity index (χ2n) is 10.9. The van der Waals surface area contributed by atoms with Crippen LogP contribution in [0.15, 0.2) is 54.6 Å². The van der Waals surface area contributed by atoms with E-state index in [1.165, 1.54) is 0 Å². The molecule has 5 rings (SSSR count). The fourth-order valence-electron chi connectivity index (χ4n) is 5.99. The van der Waals surface area contributed by atoms with Gasteiger partial charge in [0.05, 0.1) is 26.4 Å². The number of nitrogens with zero attached hydrogens (tertiary/aromatic N) is 3. The Morgan fingerprint density at radius 1 is 1.03 bits per heavy atom. The van der Waals surface area contributed by atoms with Gasteiger partial charge in [-0.2, -0.15) is 0 Å². The molecule has 2 aromatic rings. The van der Waals surface area contributed by atoms with Crippen LogP contribution in [0.4, 0.5) is 4.79 Å². The summed E-state index contributed by atoms with van der Waals surface area (Å²) >= 11 is 0. The number of carbonyl (C=O) groups excluding carboxylic acids is 2. The summed E-state index contributed by atoms with van der Waals surface area (Å²) < 4.78 is 10.7. The number of rotatable bonds is 8. The minimum absolute atomic E-state index is 0. The van der Waals surface area contributed by atoms with Gasteiger partial charge in [-0.1, -0.05) is 42.5 Å². The molecule has 0 aromatic heterocycles. The number of halogens is 1. The van der Waals surface area contributed by atoms with Crippen molar-refractivity contribution in [2.75, 3.05) is 59.6 Å². The number of benzene rings is 2. The molecule has 3 saturated heterocycles. The van der Waals surface area contributed by atoms with Crippen LogP contribution >= 0.6 is 12.4 Å². The molecular formula is C30H41ClN4O4. The van der Waals surface area contributed by atoms with Crippen molar-refractivity contribution in [1.82, 2.24) is 20.0 Å². The lowest BCUT2D eigenvalue weighted by molar-refractivity contribution is -0.128. The van der Waals surface area contributed by atoms with Gasteiger partial charge in [0.25, 0.3) is 0 Å². The van der Waals surface area contributed by atoms with E-state index in [1.807, 2.05) is 52.3 Å². The summed E-state index contributed by atoms with van der Waals surface area (Å²) in [5.41, 5.74) is 2.36. The molecule has 0 bridgehead atoms. The lowest BCUT2D eigenvalue weighted by Crippen LogP contribution is -2.48. The number of ether oxygens (including phenoxy) is 2. The lowest BCUT2D eigenvalue weighted by atomic mass is 9.77. The van der Waals surface area contributed by atoms with Crippen molar-refractivity contribution in [3.63, 3.8) is 0 Å². The molecule has 3 amide bonds. The van der Waals surface area contributed by atoms with Crippen molar-refractivity contribution < 1.29 is 19.1 Å². The lowest BCUT2D eigenvalue weighted by Gasteiger charge is -2.39. The molecule has 0 radical (unpaired) electrons. The topological polar surface area (TPSA) is 74.3 Å². The standard InChI is InChI=1S/C30H40N4O4.ClH/c1-37-26-9-7-24(8-10-26)22-34-23-30(21-28(34)35)12-15-32(16-13-30)14-11-27(25-5-3-2-4-6-25)31-29(36)33-17-19-38-20-18-33;/h2-10,27H,11-23H2,1H3,(H,31,36);1H/t27-;/m0./s1. The quantitative estimate of drug-likeness (QED) is 0.530. The molecule has 1 N–H and O–H groups in total. The van der Waals surface area contributed by atoms with Gasteiger partial charge in [-0.25, -0.2) is 4.79 Å². The van der Waals surface area contributed by atoms with E-state index in [0.29, 0.717) is 39.3 Å². The van der Waals surface area contributed by atoms with Gasteiger partial charge in [0, 0.05) is 39.1 Å². The summed E-state index contributed by atoms with van der Waals surface area (Å²) in [6, 6.07) is 18.2. The molecule has 8 nitrogen and oxygen atoms in total. The van der Waals surface area contributed by atoms with Crippen molar-refractivity contribution in [3.8, 4) is 5.75 Å². The minimum atomic E-state index is -0.0320. The highest BCUT2D eigenvalue weighted by atomic mass is 35.5. The number of methoxy groups -OCH3 is 1. The fraction of sp³-hybridized carbons (Fsp3) is 0.533. The number of urea groups is 1. The van der Waals surface area contributed by atoms with Crippen LogP contribution in [0.2, 0.25) is 0 Å². The maximum Gasteiger partial charge on any atom is 0.318 e. The molecule has 3 heterocycles. The molecule has 0 unspecified atom stereocenters. The number of nitrogens with one attached hydrogen (secondary N) is 1. The highest BCUT2D eigenvalue weighted by molar-refractivity contribution is 5.85. The molecule has 0 aliphatic carbocycles. The average molecular weight is 557 g/mol. The zero-order chi connectivity index (χ0) is 26.4. The number of likely N-dealkylation sites (tertiary alicyclic amines) is 2. The molecule has 39 heavy (non-hydrogen) atoms. The maximum atomic E-state index is 12.9. The van der Waals surface area contributed by atoms with Gasteiger partial charge in [0.2, 0.25) is 5.91 Å². The van der Waals surface area contributed by atoms with Crippen LogP contribution in [-0.2, 0) is 16.1 Å². The third-order valence-corrected chi connectivity index (χ3v) is 8.39. The van der Waals surface area contributed by atoms with Gasteiger partial charge in [0.15, 0.2) is 0 Å². The van der Waals surface area contributed by atoms with Gasteiger partial charge >= 0.3 is 6.03 Å². The first-order valence-corrected chi connectivity index (χ1v) is 13.8. The van der Waals surface area contributed by atoms with E-state index in [9.17, 15) is 9.59 Å².